The van der Waals surface area contributed by atoms with Crippen LogP contribution in [-0.4, -0.2) is 46.7 Å². The predicted molar refractivity (Wildman–Crippen MR) is 77.9 cm³/mol. The van der Waals surface area contributed by atoms with E-state index < -0.39 is 0 Å². The lowest BCUT2D eigenvalue weighted by Crippen LogP contribution is -2.14. The van der Waals surface area contributed by atoms with Crippen LogP contribution in [0.2, 0.25) is 0 Å². The van der Waals surface area contributed by atoms with Crippen molar-refractivity contribution < 1.29 is 14.2 Å². The first-order chi connectivity index (χ1) is 9.24. The molecule has 0 fully saturated rings. The van der Waals surface area contributed by atoms with Crippen LogP contribution in [0.1, 0.15) is 11.1 Å². The van der Waals surface area contributed by atoms with Crippen molar-refractivity contribution in [1.82, 2.24) is 0 Å². The van der Waals surface area contributed by atoms with Gasteiger partial charge in [0.05, 0.1) is 33.0 Å². The summed E-state index contributed by atoms with van der Waals surface area (Å²) in [5, 5.41) is 3.38. The van der Waals surface area contributed by atoms with Gasteiger partial charge in [-0.1, -0.05) is 12.1 Å². The van der Waals surface area contributed by atoms with Gasteiger partial charge in [-0.05, 0) is 31.0 Å². The van der Waals surface area contributed by atoms with Crippen molar-refractivity contribution in [2.75, 3.05) is 52.0 Å². The number of rotatable bonds is 10. The standard InChI is InChI=1S/C15H25NO3/c1-13-4-5-14(2)15(12-13)16-6-7-18-10-11-19-9-8-17-3/h4-5,12,16H,6-11H2,1-3H3. The number of aryl methyl sites for hydroxylation is 2. The molecule has 0 aliphatic carbocycles. The molecular weight excluding hydrogens is 242 g/mol. The van der Waals surface area contributed by atoms with Gasteiger partial charge < -0.3 is 19.5 Å². The Morgan fingerprint density at radius 3 is 2.37 bits per heavy atom. The molecule has 0 radical (unpaired) electrons. The van der Waals surface area contributed by atoms with Crippen LogP contribution < -0.4 is 5.32 Å². The average molecular weight is 267 g/mol. The first kappa shape index (κ1) is 16.0. The molecule has 0 amide bonds. The lowest BCUT2D eigenvalue weighted by molar-refractivity contribution is 0.0272. The minimum atomic E-state index is 0.618. The summed E-state index contributed by atoms with van der Waals surface area (Å²) < 4.78 is 15.7. The maximum absolute atomic E-state index is 5.48. The molecule has 0 unspecified atom stereocenters. The second-order valence-electron chi connectivity index (χ2n) is 4.46. The van der Waals surface area contributed by atoms with Crippen molar-refractivity contribution in [3.63, 3.8) is 0 Å². The summed E-state index contributed by atoms with van der Waals surface area (Å²) in [6.45, 7) is 8.19. The normalized spacial score (nSPS) is 10.7. The molecule has 1 rings (SSSR count). The van der Waals surface area contributed by atoms with E-state index in [1.165, 1.54) is 16.8 Å². The van der Waals surface area contributed by atoms with Crippen molar-refractivity contribution in [1.29, 1.82) is 0 Å². The Hall–Kier alpha value is -1.10. The number of ether oxygens (including phenoxy) is 3. The number of benzene rings is 1. The molecule has 108 valence electrons. The molecule has 19 heavy (non-hydrogen) atoms. The second kappa shape index (κ2) is 9.78. The Morgan fingerprint density at radius 2 is 1.63 bits per heavy atom. The smallest absolute Gasteiger partial charge is 0.0701 e. The molecule has 0 aromatic heterocycles. The van der Waals surface area contributed by atoms with E-state index in [9.17, 15) is 0 Å². The summed E-state index contributed by atoms with van der Waals surface area (Å²) in [6.07, 6.45) is 0. The third-order valence-corrected chi connectivity index (χ3v) is 2.76. The molecule has 0 aliphatic rings. The quantitative estimate of drug-likeness (QED) is 0.661. The molecule has 0 aliphatic heterocycles. The van der Waals surface area contributed by atoms with Crippen LogP contribution in [0.3, 0.4) is 0 Å². The number of hydrogen-bond donors (Lipinski definition) is 1. The van der Waals surface area contributed by atoms with E-state index in [-0.39, 0.29) is 0 Å². The third kappa shape index (κ3) is 7.15. The molecule has 0 atom stereocenters. The molecule has 0 heterocycles. The average Bonchev–Trinajstić information content (AvgIpc) is 2.40. The fraction of sp³-hybridized carbons (Fsp3) is 0.600. The zero-order valence-electron chi connectivity index (χ0n) is 12.2. The van der Waals surface area contributed by atoms with E-state index >= 15 is 0 Å². The van der Waals surface area contributed by atoms with Crippen LogP contribution in [0.25, 0.3) is 0 Å². The minimum absolute atomic E-state index is 0.618. The van der Waals surface area contributed by atoms with Gasteiger partial charge in [-0.3, -0.25) is 0 Å². The van der Waals surface area contributed by atoms with Gasteiger partial charge in [0.2, 0.25) is 0 Å². The van der Waals surface area contributed by atoms with E-state index in [1.54, 1.807) is 7.11 Å². The highest BCUT2D eigenvalue weighted by atomic mass is 16.5. The molecule has 0 saturated carbocycles. The monoisotopic (exact) mass is 267 g/mol. The Bertz CT molecular complexity index is 355. The van der Waals surface area contributed by atoms with Gasteiger partial charge in [-0.25, -0.2) is 0 Å². The molecule has 1 N–H and O–H groups in total. The molecule has 4 nitrogen and oxygen atoms in total. The van der Waals surface area contributed by atoms with Crippen molar-refractivity contribution in [2.45, 2.75) is 13.8 Å². The SMILES string of the molecule is COCCOCCOCCNc1cc(C)ccc1C. The topological polar surface area (TPSA) is 39.7 Å². The van der Waals surface area contributed by atoms with E-state index in [0.29, 0.717) is 33.0 Å². The van der Waals surface area contributed by atoms with E-state index in [0.717, 1.165) is 6.54 Å². The third-order valence-electron chi connectivity index (χ3n) is 2.76. The lowest BCUT2D eigenvalue weighted by atomic mass is 10.1. The van der Waals surface area contributed by atoms with Crippen LogP contribution in [0.15, 0.2) is 18.2 Å². The predicted octanol–water partition coefficient (Wildman–Crippen LogP) is 2.39. The molecule has 0 saturated heterocycles. The maximum atomic E-state index is 5.48. The molecule has 4 heteroatoms. The van der Waals surface area contributed by atoms with Crippen molar-refractivity contribution in [2.24, 2.45) is 0 Å². The van der Waals surface area contributed by atoms with Gasteiger partial charge in [0.25, 0.3) is 0 Å². The van der Waals surface area contributed by atoms with Gasteiger partial charge in [0.1, 0.15) is 0 Å². The van der Waals surface area contributed by atoms with Gasteiger partial charge in [-0.2, -0.15) is 0 Å². The highest BCUT2D eigenvalue weighted by molar-refractivity contribution is 5.52. The van der Waals surface area contributed by atoms with Crippen LogP contribution in [0.4, 0.5) is 5.69 Å². The first-order valence-corrected chi connectivity index (χ1v) is 6.69. The Morgan fingerprint density at radius 1 is 0.947 bits per heavy atom. The highest BCUT2D eigenvalue weighted by Gasteiger charge is 1.97. The Kier molecular flexibility index (Phi) is 8.21. The summed E-state index contributed by atoms with van der Waals surface area (Å²) in [5.74, 6) is 0. The summed E-state index contributed by atoms with van der Waals surface area (Å²) in [7, 11) is 1.67. The highest BCUT2D eigenvalue weighted by Crippen LogP contribution is 2.15. The van der Waals surface area contributed by atoms with Crippen molar-refractivity contribution in [3.05, 3.63) is 29.3 Å². The minimum Gasteiger partial charge on any atom is -0.383 e. The molecule has 1 aromatic carbocycles. The van der Waals surface area contributed by atoms with Crippen LogP contribution >= 0.6 is 0 Å². The van der Waals surface area contributed by atoms with E-state index in [1.807, 2.05) is 0 Å². The number of anilines is 1. The largest absolute Gasteiger partial charge is 0.383 e. The maximum Gasteiger partial charge on any atom is 0.0701 e. The molecule has 0 spiro atoms. The Balaban J connectivity index is 2.03. The Labute approximate surface area is 116 Å². The van der Waals surface area contributed by atoms with Crippen LogP contribution in [0, 0.1) is 13.8 Å². The van der Waals surface area contributed by atoms with Gasteiger partial charge in [0.15, 0.2) is 0 Å². The zero-order chi connectivity index (χ0) is 13.9. The second-order valence-corrected chi connectivity index (χ2v) is 4.46. The van der Waals surface area contributed by atoms with E-state index in [4.69, 9.17) is 14.2 Å². The fourth-order valence-electron chi connectivity index (χ4n) is 1.65. The van der Waals surface area contributed by atoms with Gasteiger partial charge in [0, 0.05) is 19.3 Å². The molecule has 0 bridgehead atoms. The van der Waals surface area contributed by atoms with Crippen molar-refractivity contribution in [3.8, 4) is 0 Å². The lowest BCUT2D eigenvalue weighted by Gasteiger charge is -2.11. The van der Waals surface area contributed by atoms with Crippen molar-refractivity contribution >= 4 is 5.69 Å². The zero-order valence-corrected chi connectivity index (χ0v) is 12.2. The number of methoxy groups -OCH3 is 1. The van der Waals surface area contributed by atoms with E-state index in [2.05, 4.69) is 37.4 Å². The fourth-order valence-corrected chi connectivity index (χ4v) is 1.65. The summed E-state index contributed by atoms with van der Waals surface area (Å²) in [5.41, 5.74) is 3.70. The van der Waals surface area contributed by atoms with Gasteiger partial charge in [-0.15, -0.1) is 0 Å². The summed E-state index contributed by atoms with van der Waals surface area (Å²) in [4.78, 5) is 0. The molecule has 1 aromatic rings. The first-order valence-electron chi connectivity index (χ1n) is 6.69. The van der Waals surface area contributed by atoms with Crippen LogP contribution in [-0.2, 0) is 14.2 Å². The number of hydrogen-bond acceptors (Lipinski definition) is 4. The van der Waals surface area contributed by atoms with Crippen LogP contribution in [0.5, 0.6) is 0 Å². The van der Waals surface area contributed by atoms with Gasteiger partial charge >= 0.3 is 0 Å². The molecular formula is C15H25NO3. The number of nitrogens with one attached hydrogen (secondary N) is 1. The summed E-state index contributed by atoms with van der Waals surface area (Å²) >= 11 is 0. The summed E-state index contributed by atoms with van der Waals surface area (Å²) in [6, 6.07) is 6.40.